The highest BCUT2D eigenvalue weighted by molar-refractivity contribution is 7.18. The standard InChI is InChI=1S/C16H21NS.C5H11NO.C2H4O2.C2H6/c1-10-7-12-8-11-9-13(16(2,3)4)5-6-14(11)17-15(12)18-10;1-3-4-6(2)5-7;1-4-2-3;1-2/h7-8,13H,5-6,9H2,1-4H3;5H,3-4H2,1-2H3;2H,1H3;1-2H3. The van der Waals surface area contributed by atoms with Crippen LogP contribution in [0.2, 0.25) is 0 Å². The van der Waals surface area contributed by atoms with Gasteiger partial charge in [0, 0.05) is 29.5 Å². The summed E-state index contributed by atoms with van der Waals surface area (Å²) in [5.41, 5.74) is 3.26. The first kappa shape index (κ1) is 29.1. The number of nitrogens with zero attached hydrogens (tertiary/aromatic N) is 2. The number of thiophene rings is 1. The maximum absolute atomic E-state index is 9.82. The van der Waals surface area contributed by atoms with Gasteiger partial charge in [0.1, 0.15) is 4.83 Å². The molecule has 176 valence electrons. The molecule has 2 aromatic rings. The zero-order valence-corrected chi connectivity index (χ0v) is 21.8. The zero-order valence-electron chi connectivity index (χ0n) is 20.9. The molecule has 0 saturated heterocycles. The number of fused-ring (bicyclic) bond motifs is 2. The molecule has 1 aliphatic rings. The molecule has 1 unspecified atom stereocenters. The van der Waals surface area contributed by atoms with E-state index < -0.39 is 0 Å². The van der Waals surface area contributed by atoms with Crippen LogP contribution in [0.5, 0.6) is 0 Å². The number of carbonyl (C=O) groups excluding carboxylic acids is 2. The first-order valence-electron chi connectivity index (χ1n) is 11.2. The maximum atomic E-state index is 9.82. The number of aryl methyl sites for hydroxylation is 2. The number of ether oxygens (including phenoxy) is 1. The van der Waals surface area contributed by atoms with Gasteiger partial charge in [-0.15, -0.1) is 11.3 Å². The van der Waals surface area contributed by atoms with E-state index in [9.17, 15) is 4.79 Å². The van der Waals surface area contributed by atoms with Crippen LogP contribution in [0.15, 0.2) is 12.1 Å². The second-order valence-corrected chi connectivity index (χ2v) is 9.80. The van der Waals surface area contributed by atoms with Gasteiger partial charge < -0.3 is 9.64 Å². The maximum Gasteiger partial charge on any atom is 0.292 e. The molecule has 2 aromatic heterocycles. The normalized spacial score (nSPS) is 14.4. The van der Waals surface area contributed by atoms with Crippen LogP contribution in [0.3, 0.4) is 0 Å². The molecule has 3 rings (SSSR count). The largest absolute Gasteiger partial charge is 0.471 e. The molecule has 0 aliphatic heterocycles. The quantitative estimate of drug-likeness (QED) is 0.532. The van der Waals surface area contributed by atoms with Crippen molar-refractivity contribution in [3.05, 3.63) is 28.3 Å². The lowest BCUT2D eigenvalue weighted by Crippen LogP contribution is -2.27. The van der Waals surface area contributed by atoms with E-state index in [4.69, 9.17) is 9.78 Å². The van der Waals surface area contributed by atoms with Gasteiger partial charge in [0.25, 0.3) is 6.47 Å². The summed E-state index contributed by atoms with van der Waals surface area (Å²) in [5, 5.41) is 1.34. The fourth-order valence-electron chi connectivity index (χ4n) is 3.39. The Morgan fingerprint density at radius 3 is 2.32 bits per heavy atom. The van der Waals surface area contributed by atoms with Gasteiger partial charge in [0.05, 0.1) is 7.11 Å². The molecule has 0 bridgehead atoms. The molecule has 1 atom stereocenters. The minimum atomic E-state index is 0.375. The van der Waals surface area contributed by atoms with E-state index in [1.54, 1.807) is 11.9 Å². The number of rotatable bonds is 4. The summed E-state index contributed by atoms with van der Waals surface area (Å²) in [4.78, 5) is 27.9. The lowest BCUT2D eigenvalue weighted by molar-refractivity contribution is -0.126. The third kappa shape index (κ3) is 10.3. The number of hydrogen-bond acceptors (Lipinski definition) is 5. The summed E-state index contributed by atoms with van der Waals surface area (Å²) in [6, 6.07) is 4.66. The summed E-state index contributed by atoms with van der Waals surface area (Å²) < 4.78 is 3.86. The SMILES string of the molecule is CC.CCCN(C)C=O.COC=O.Cc1cc2cc3c(nc2s1)CCC(C(C)(C)C)C3. The van der Waals surface area contributed by atoms with Gasteiger partial charge >= 0.3 is 0 Å². The van der Waals surface area contributed by atoms with E-state index in [2.05, 4.69) is 44.6 Å². The van der Waals surface area contributed by atoms with Crippen LogP contribution in [0.1, 0.15) is 70.5 Å². The fourth-order valence-corrected chi connectivity index (χ4v) is 4.28. The smallest absolute Gasteiger partial charge is 0.292 e. The summed E-state index contributed by atoms with van der Waals surface area (Å²) in [7, 11) is 3.09. The molecular formula is C25H42N2O3S. The van der Waals surface area contributed by atoms with Crippen LogP contribution in [-0.2, 0) is 27.2 Å². The molecule has 0 saturated carbocycles. The molecule has 0 fully saturated rings. The summed E-state index contributed by atoms with van der Waals surface area (Å²) >= 11 is 1.82. The van der Waals surface area contributed by atoms with Gasteiger partial charge in [-0.05, 0) is 61.6 Å². The first-order valence-corrected chi connectivity index (χ1v) is 12.0. The number of aromatic nitrogens is 1. The topological polar surface area (TPSA) is 59.5 Å². The van der Waals surface area contributed by atoms with Gasteiger partial charge in [0.2, 0.25) is 6.41 Å². The molecule has 31 heavy (non-hydrogen) atoms. The van der Waals surface area contributed by atoms with Crippen molar-refractivity contribution in [2.45, 2.75) is 74.1 Å². The van der Waals surface area contributed by atoms with Crippen molar-refractivity contribution in [3.8, 4) is 0 Å². The van der Waals surface area contributed by atoms with Crippen molar-refractivity contribution < 1.29 is 14.3 Å². The van der Waals surface area contributed by atoms with E-state index in [0.29, 0.717) is 11.9 Å². The van der Waals surface area contributed by atoms with Gasteiger partial charge in [-0.1, -0.05) is 41.5 Å². The Kier molecular flexibility index (Phi) is 14.0. The van der Waals surface area contributed by atoms with Gasteiger partial charge in [-0.25, -0.2) is 4.98 Å². The van der Waals surface area contributed by atoms with E-state index in [1.165, 1.54) is 46.3 Å². The van der Waals surface area contributed by atoms with Crippen molar-refractivity contribution in [1.29, 1.82) is 0 Å². The monoisotopic (exact) mass is 450 g/mol. The highest BCUT2D eigenvalue weighted by Gasteiger charge is 2.29. The molecule has 0 spiro atoms. The van der Waals surface area contributed by atoms with Crippen LogP contribution >= 0.6 is 11.3 Å². The average molecular weight is 451 g/mol. The number of pyridine rings is 1. The Bertz CT molecular complexity index is 781. The van der Waals surface area contributed by atoms with E-state index in [0.717, 1.165) is 31.7 Å². The molecule has 1 aliphatic carbocycles. The van der Waals surface area contributed by atoms with Crippen molar-refractivity contribution >= 4 is 34.4 Å². The number of carbonyl (C=O) groups is 2. The average Bonchev–Trinajstić information content (AvgIpc) is 3.11. The molecular weight excluding hydrogens is 408 g/mol. The van der Waals surface area contributed by atoms with E-state index in [-0.39, 0.29) is 0 Å². The number of amides is 1. The van der Waals surface area contributed by atoms with Crippen LogP contribution in [0.4, 0.5) is 0 Å². The van der Waals surface area contributed by atoms with Crippen molar-refractivity contribution in [2.24, 2.45) is 11.3 Å². The highest BCUT2D eigenvalue weighted by Crippen LogP contribution is 2.38. The van der Waals surface area contributed by atoms with Crippen LogP contribution in [0.25, 0.3) is 10.2 Å². The molecule has 1 amide bonds. The van der Waals surface area contributed by atoms with Crippen molar-refractivity contribution in [2.75, 3.05) is 20.7 Å². The number of hydrogen-bond donors (Lipinski definition) is 0. The second-order valence-electron chi connectivity index (χ2n) is 8.57. The van der Waals surface area contributed by atoms with Crippen molar-refractivity contribution in [3.63, 3.8) is 0 Å². The van der Waals surface area contributed by atoms with E-state index in [1.807, 2.05) is 32.1 Å². The predicted molar refractivity (Wildman–Crippen MR) is 133 cm³/mol. The van der Waals surface area contributed by atoms with E-state index >= 15 is 0 Å². The summed E-state index contributed by atoms with van der Waals surface area (Å²) in [6.07, 6.45) is 5.53. The van der Waals surface area contributed by atoms with Crippen LogP contribution < -0.4 is 0 Å². The van der Waals surface area contributed by atoms with Crippen molar-refractivity contribution in [1.82, 2.24) is 9.88 Å². The fraction of sp³-hybridized carbons (Fsp3) is 0.640. The first-order chi connectivity index (χ1) is 14.7. The minimum absolute atomic E-state index is 0.375. The minimum Gasteiger partial charge on any atom is -0.471 e. The lowest BCUT2D eigenvalue weighted by Gasteiger charge is -2.34. The summed E-state index contributed by atoms with van der Waals surface area (Å²) in [5.74, 6) is 0.795. The third-order valence-electron chi connectivity index (χ3n) is 5.07. The molecule has 5 nitrogen and oxygen atoms in total. The second kappa shape index (κ2) is 15.0. The Labute approximate surface area is 193 Å². The Morgan fingerprint density at radius 1 is 1.26 bits per heavy atom. The Hall–Kier alpha value is -1.95. The predicted octanol–water partition coefficient (Wildman–Crippen LogP) is 6.06. The molecule has 0 radical (unpaired) electrons. The summed E-state index contributed by atoms with van der Waals surface area (Å²) in [6.45, 7) is 16.5. The Morgan fingerprint density at radius 2 is 1.87 bits per heavy atom. The molecule has 0 N–H and O–H groups in total. The zero-order chi connectivity index (χ0) is 24.0. The van der Waals surface area contributed by atoms with Gasteiger partial charge in [0.15, 0.2) is 0 Å². The Balaban J connectivity index is 0.000000580. The number of methoxy groups -OCH3 is 1. The van der Waals surface area contributed by atoms with Gasteiger partial charge in [-0.3, -0.25) is 9.59 Å². The van der Waals surface area contributed by atoms with Gasteiger partial charge in [-0.2, -0.15) is 0 Å². The van der Waals surface area contributed by atoms with Crippen LogP contribution in [-0.4, -0.2) is 43.5 Å². The molecule has 6 heteroatoms. The lowest BCUT2D eigenvalue weighted by atomic mass is 9.71. The molecule has 0 aromatic carbocycles. The third-order valence-corrected chi connectivity index (χ3v) is 6.03. The highest BCUT2D eigenvalue weighted by atomic mass is 32.1. The van der Waals surface area contributed by atoms with Crippen LogP contribution in [0, 0.1) is 18.3 Å². The molecule has 2 heterocycles.